The van der Waals surface area contributed by atoms with Gasteiger partial charge in [0, 0.05) is 35.8 Å². The number of hydrogen-bond donors (Lipinski definition) is 1. The summed E-state index contributed by atoms with van der Waals surface area (Å²) >= 11 is 6.16. The summed E-state index contributed by atoms with van der Waals surface area (Å²) in [5.74, 6) is 0.128. The molecule has 0 aliphatic carbocycles. The maximum atomic E-state index is 13.3. The number of imidazole rings is 1. The van der Waals surface area contributed by atoms with Crippen molar-refractivity contribution in [3.05, 3.63) is 70.8 Å². The molecule has 4 rings (SSSR count). The van der Waals surface area contributed by atoms with Crippen molar-refractivity contribution in [2.75, 3.05) is 6.54 Å². The van der Waals surface area contributed by atoms with E-state index in [4.69, 9.17) is 11.6 Å². The maximum absolute atomic E-state index is 13.3. The number of hydrogen-bond acceptors (Lipinski definition) is 2. The molecule has 0 atom stereocenters. The first-order chi connectivity index (χ1) is 11.6. The van der Waals surface area contributed by atoms with Crippen LogP contribution in [-0.2, 0) is 6.42 Å². The molecule has 1 aromatic heterocycles. The Kier molecular flexibility index (Phi) is 3.58. The molecular weight excluding hydrogens is 329 g/mol. The molecule has 2 aromatic carbocycles. The molecule has 0 bridgehead atoms. The summed E-state index contributed by atoms with van der Waals surface area (Å²) in [5, 5.41) is 3.14. The lowest BCUT2D eigenvalue weighted by Gasteiger charge is -2.18. The molecule has 0 spiro atoms. The lowest BCUT2D eigenvalue weighted by Crippen LogP contribution is -2.31. The minimum Gasteiger partial charge on any atom is -0.352 e. The smallest absolute Gasteiger partial charge is 0.251 e. The van der Waals surface area contributed by atoms with Crippen LogP contribution < -0.4 is 5.32 Å². The molecule has 1 aliphatic rings. The number of carbonyl (C=O) groups excluding carboxylic acids is 1. The van der Waals surface area contributed by atoms with Gasteiger partial charge in [-0.3, -0.25) is 9.36 Å². The molecule has 1 N–H and O–H groups in total. The second-order valence-electron chi connectivity index (χ2n) is 5.59. The van der Waals surface area contributed by atoms with Gasteiger partial charge in [0.15, 0.2) is 0 Å². The van der Waals surface area contributed by atoms with E-state index >= 15 is 0 Å². The van der Waals surface area contributed by atoms with Gasteiger partial charge in [0.25, 0.3) is 5.91 Å². The summed E-state index contributed by atoms with van der Waals surface area (Å²) in [5.41, 5.74) is 3.14. The Morgan fingerprint density at radius 3 is 2.88 bits per heavy atom. The predicted octanol–water partition coefficient (Wildman–Crippen LogP) is 3.62. The minimum absolute atomic E-state index is 0.0698. The quantitative estimate of drug-likeness (QED) is 0.774. The standard InChI is InChI=1S/C18H13ClFN3O/c19-16-9-12(20)2-4-14(16)17-21-7-8-23(17)13-3-1-11-5-6-22-18(24)15(11)10-13/h1-4,7-10H,5-6H2,(H,22,24). The van der Waals surface area contributed by atoms with Crippen LogP contribution in [0.2, 0.25) is 5.02 Å². The fourth-order valence-corrected chi connectivity index (χ4v) is 3.18. The van der Waals surface area contributed by atoms with Gasteiger partial charge in [-0.15, -0.1) is 0 Å². The number of halogens is 2. The molecule has 6 heteroatoms. The van der Waals surface area contributed by atoms with Crippen LogP contribution in [-0.4, -0.2) is 22.0 Å². The first-order valence-electron chi connectivity index (χ1n) is 7.54. The molecule has 120 valence electrons. The molecule has 3 aromatic rings. The van der Waals surface area contributed by atoms with E-state index < -0.39 is 5.82 Å². The van der Waals surface area contributed by atoms with Crippen LogP contribution in [0.3, 0.4) is 0 Å². The molecule has 0 saturated carbocycles. The summed E-state index contributed by atoms with van der Waals surface area (Å²) in [6.45, 7) is 0.659. The Morgan fingerprint density at radius 1 is 1.17 bits per heavy atom. The summed E-state index contributed by atoms with van der Waals surface area (Å²) in [6, 6.07) is 9.95. The zero-order valence-corrected chi connectivity index (χ0v) is 13.3. The normalized spacial score (nSPS) is 13.5. The van der Waals surface area contributed by atoms with Crippen molar-refractivity contribution in [2.45, 2.75) is 6.42 Å². The maximum Gasteiger partial charge on any atom is 0.251 e. The number of nitrogens with one attached hydrogen (secondary N) is 1. The van der Waals surface area contributed by atoms with Crippen molar-refractivity contribution < 1.29 is 9.18 Å². The van der Waals surface area contributed by atoms with Gasteiger partial charge >= 0.3 is 0 Å². The van der Waals surface area contributed by atoms with Crippen LogP contribution >= 0.6 is 11.6 Å². The molecule has 2 heterocycles. The molecule has 0 unspecified atom stereocenters. The second kappa shape index (κ2) is 5.76. The Hall–Kier alpha value is -2.66. The van der Waals surface area contributed by atoms with Crippen LogP contribution in [0.25, 0.3) is 17.1 Å². The minimum atomic E-state index is -0.396. The fourth-order valence-electron chi connectivity index (χ4n) is 2.93. The van der Waals surface area contributed by atoms with E-state index in [1.165, 1.54) is 12.1 Å². The molecule has 1 aliphatic heterocycles. The van der Waals surface area contributed by atoms with E-state index in [9.17, 15) is 9.18 Å². The molecule has 0 saturated heterocycles. The number of amides is 1. The van der Waals surface area contributed by atoms with Gasteiger partial charge in [-0.2, -0.15) is 0 Å². The summed E-state index contributed by atoms with van der Waals surface area (Å²) in [4.78, 5) is 16.4. The van der Waals surface area contributed by atoms with E-state index in [0.29, 0.717) is 23.5 Å². The number of fused-ring (bicyclic) bond motifs is 1. The highest BCUT2D eigenvalue weighted by molar-refractivity contribution is 6.33. The topological polar surface area (TPSA) is 46.9 Å². The number of benzene rings is 2. The average Bonchev–Trinajstić information content (AvgIpc) is 3.04. The highest BCUT2D eigenvalue weighted by atomic mass is 35.5. The van der Waals surface area contributed by atoms with Gasteiger partial charge in [0.05, 0.1) is 5.02 Å². The summed E-state index contributed by atoms with van der Waals surface area (Å²) in [7, 11) is 0. The van der Waals surface area contributed by atoms with Gasteiger partial charge < -0.3 is 5.32 Å². The van der Waals surface area contributed by atoms with Crippen molar-refractivity contribution in [1.29, 1.82) is 0 Å². The largest absolute Gasteiger partial charge is 0.352 e. The SMILES string of the molecule is O=C1NCCc2ccc(-n3ccnc3-c3ccc(F)cc3Cl)cc21. The lowest BCUT2D eigenvalue weighted by molar-refractivity contribution is 0.0946. The highest BCUT2D eigenvalue weighted by Crippen LogP contribution is 2.30. The molecule has 4 nitrogen and oxygen atoms in total. The van der Waals surface area contributed by atoms with Gasteiger partial charge in [0.1, 0.15) is 11.6 Å². The predicted molar refractivity (Wildman–Crippen MR) is 90.0 cm³/mol. The van der Waals surface area contributed by atoms with E-state index in [1.54, 1.807) is 18.5 Å². The fraction of sp³-hybridized carbons (Fsp3) is 0.111. The second-order valence-corrected chi connectivity index (χ2v) is 6.00. The van der Waals surface area contributed by atoms with Gasteiger partial charge in [0.2, 0.25) is 0 Å². The van der Waals surface area contributed by atoms with Crippen molar-refractivity contribution in [3.8, 4) is 17.1 Å². The molecule has 24 heavy (non-hydrogen) atoms. The molecular formula is C18H13ClFN3O. The zero-order valence-electron chi connectivity index (χ0n) is 12.6. The first kappa shape index (κ1) is 14.9. The lowest BCUT2D eigenvalue weighted by atomic mass is 9.99. The number of nitrogens with zero attached hydrogens (tertiary/aromatic N) is 2. The number of aromatic nitrogens is 2. The number of carbonyl (C=O) groups is 1. The average molecular weight is 342 g/mol. The zero-order chi connectivity index (χ0) is 16.7. The molecule has 0 fully saturated rings. The van der Waals surface area contributed by atoms with Gasteiger partial charge in [-0.1, -0.05) is 17.7 Å². The third-order valence-corrected chi connectivity index (χ3v) is 4.42. The van der Waals surface area contributed by atoms with E-state index in [2.05, 4.69) is 10.3 Å². The number of rotatable bonds is 2. The summed E-state index contributed by atoms with van der Waals surface area (Å²) < 4.78 is 15.1. The van der Waals surface area contributed by atoms with Crippen LogP contribution in [0, 0.1) is 5.82 Å². The van der Waals surface area contributed by atoms with Crippen LogP contribution in [0.1, 0.15) is 15.9 Å². The van der Waals surface area contributed by atoms with Gasteiger partial charge in [-0.25, -0.2) is 9.37 Å². The van der Waals surface area contributed by atoms with Crippen LogP contribution in [0.15, 0.2) is 48.8 Å². The van der Waals surface area contributed by atoms with Crippen molar-refractivity contribution in [2.24, 2.45) is 0 Å². The Morgan fingerprint density at radius 2 is 2.04 bits per heavy atom. The van der Waals surface area contributed by atoms with Crippen LogP contribution in [0.4, 0.5) is 4.39 Å². The van der Waals surface area contributed by atoms with Crippen molar-refractivity contribution in [3.63, 3.8) is 0 Å². The molecule has 0 radical (unpaired) electrons. The summed E-state index contributed by atoms with van der Waals surface area (Å²) in [6.07, 6.45) is 4.26. The van der Waals surface area contributed by atoms with Crippen molar-refractivity contribution in [1.82, 2.24) is 14.9 Å². The van der Waals surface area contributed by atoms with Crippen molar-refractivity contribution >= 4 is 17.5 Å². The third-order valence-electron chi connectivity index (χ3n) is 4.11. The van der Waals surface area contributed by atoms with E-state index in [-0.39, 0.29) is 10.9 Å². The Bertz CT molecular complexity index is 951. The third kappa shape index (κ3) is 2.47. The molecule has 1 amide bonds. The Balaban J connectivity index is 1.83. The highest BCUT2D eigenvalue weighted by Gasteiger charge is 2.18. The first-order valence-corrected chi connectivity index (χ1v) is 7.91. The van der Waals surface area contributed by atoms with Gasteiger partial charge in [-0.05, 0) is 42.3 Å². The van der Waals surface area contributed by atoms with E-state index in [1.807, 2.05) is 22.8 Å². The van der Waals surface area contributed by atoms with E-state index in [0.717, 1.165) is 17.7 Å². The Labute approximate surface area is 142 Å². The van der Waals surface area contributed by atoms with Crippen LogP contribution in [0.5, 0.6) is 0 Å². The monoisotopic (exact) mass is 341 g/mol.